The molecule has 0 radical (unpaired) electrons. The van der Waals surface area contributed by atoms with Crippen LogP contribution in [0, 0.1) is 5.92 Å². The normalized spacial score (nSPS) is 18.7. The Morgan fingerprint density at radius 2 is 2.20 bits per heavy atom. The highest BCUT2D eigenvalue weighted by Gasteiger charge is 2.21. The molecule has 0 unspecified atom stereocenters. The summed E-state index contributed by atoms with van der Waals surface area (Å²) < 4.78 is 5.04. The van der Waals surface area contributed by atoms with E-state index in [2.05, 4.69) is 25.7 Å². The molecule has 1 rings (SSSR count). The zero-order valence-corrected chi connectivity index (χ0v) is 6.68. The second kappa shape index (κ2) is 3.06. The summed E-state index contributed by atoms with van der Waals surface area (Å²) in [7, 11) is 0. The molecule has 0 aromatic rings. The molecular weight excluding hydrogens is 126 g/mol. The quantitative estimate of drug-likeness (QED) is 0.636. The molecule has 1 N–H and O–H groups in total. The zero-order valence-electron chi connectivity index (χ0n) is 6.68. The van der Waals surface area contributed by atoms with Gasteiger partial charge < -0.3 is 10.1 Å². The van der Waals surface area contributed by atoms with Crippen LogP contribution >= 0.6 is 0 Å². The molecule has 0 amide bonds. The van der Waals surface area contributed by atoms with Gasteiger partial charge in [0.05, 0.1) is 13.2 Å². The second-order valence-corrected chi connectivity index (χ2v) is 3.06. The van der Waals surface area contributed by atoms with E-state index in [1.807, 2.05) is 0 Å². The Morgan fingerprint density at radius 3 is 2.50 bits per heavy atom. The van der Waals surface area contributed by atoms with E-state index in [1.54, 1.807) is 0 Å². The summed E-state index contributed by atoms with van der Waals surface area (Å²) in [6.45, 7) is 9.85. The molecule has 1 fully saturated rings. The Balaban J connectivity index is 2.20. The molecule has 1 heterocycles. The number of hydrogen-bond donors (Lipinski definition) is 1. The predicted octanol–water partition coefficient (Wildman–Crippen LogP) is 1.14. The maximum Gasteiger partial charge on any atom is 0.0571 e. The smallest absolute Gasteiger partial charge is 0.0571 e. The lowest BCUT2D eigenvalue weighted by Crippen LogP contribution is -2.36. The Bertz CT molecular complexity index is 127. The van der Waals surface area contributed by atoms with Crippen LogP contribution in [0.4, 0.5) is 0 Å². The van der Waals surface area contributed by atoms with Gasteiger partial charge in [-0.1, -0.05) is 6.58 Å². The predicted molar refractivity (Wildman–Crippen MR) is 41.7 cm³/mol. The molecule has 0 aliphatic carbocycles. The molecule has 0 spiro atoms. The van der Waals surface area contributed by atoms with Gasteiger partial charge in [0.15, 0.2) is 0 Å². The van der Waals surface area contributed by atoms with Gasteiger partial charge in [0.1, 0.15) is 0 Å². The van der Waals surface area contributed by atoms with Crippen molar-refractivity contribution in [1.29, 1.82) is 0 Å². The number of rotatable bonds is 3. The minimum Gasteiger partial charge on any atom is -0.386 e. The highest BCUT2D eigenvalue weighted by Crippen LogP contribution is 2.16. The number of nitrogens with one attached hydrogen (secondary N) is 1. The molecule has 0 aromatic carbocycles. The molecule has 58 valence electrons. The van der Waals surface area contributed by atoms with Crippen molar-refractivity contribution in [1.82, 2.24) is 5.32 Å². The van der Waals surface area contributed by atoms with Crippen LogP contribution in [0.25, 0.3) is 0 Å². The van der Waals surface area contributed by atoms with Crippen molar-refractivity contribution in [3.8, 4) is 0 Å². The minimum atomic E-state index is 0.494. The molecule has 2 nitrogen and oxygen atoms in total. The fraction of sp³-hybridized carbons (Fsp3) is 0.750. The summed E-state index contributed by atoms with van der Waals surface area (Å²) in [5, 5.41) is 3.27. The molecule has 0 atom stereocenters. The van der Waals surface area contributed by atoms with Crippen molar-refractivity contribution in [2.45, 2.75) is 19.9 Å². The van der Waals surface area contributed by atoms with Crippen LogP contribution < -0.4 is 5.32 Å². The third kappa shape index (κ3) is 1.74. The van der Waals surface area contributed by atoms with Crippen LogP contribution in [0.1, 0.15) is 13.8 Å². The Kier molecular flexibility index (Phi) is 2.33. The molecular formula is C8H15NO. The average Bonchev–Trinajstić information content (AvgIpc) is 1.55. The molecule has 1 aliphatic heterocycles. The molecule has 0 bridgehead atoms. The lowest BCUT2D eigenvalue weighted by Gasteiger charge is -2.29. The largest absolute Gasteiger partial charge is 0.386 e. The van der Waals surface area contributed by atoms with Crippen molar-refractivity contribution in [2.24, 2.45) is 5.92 Å². The van der Waals surface area contributed by atoms with Crippen molar-refractivity contribution in [2.75, 3.05) is 13.2 Å². The number of hydrogen-bond acceptors (Lipinski definition) is 2. The Hall–Kier alpha value is -0.500. The zero-order chi connectivity index (χ0) is 7.56. The van der Waals surface area contributed by atoms with E-state index in [-0.39, 0.29) is 0 Å². The Labute approximate surface area is 62.3 Å². The van der Waals surface area contributed by atoms with Crippen molar-refractivity contribution >= 4 is 0 Å². The monoisotopic (exact) mass is 141 g/mol. The third-order valence-electron chi connectivity index (χ3n) is 1.60. The lowest BCUT2D eigenvalue weighted by molar-refractivity contribution is -0.0163. The maximum atomic E-state index is 5.04. The highest BCUT2D eigenvalue weighted by molar-refractivity contribution is 5.01. The molecule has 0 aromatic heterocycles. The highest BCUT2D eigenvalue weighted by atomic mass is 16.5. The van der Waals surface area contributed by atoms with Crippen LogP contribution in [0.5, 0.6) is 0 Å². The van der Waals surface area contributed by atoms with Crippen molar-refractivity contribution in [3.05, 3.63) is 12.3 Å². The first-order valence-electron chi connectivity index (χ1n) is 3.73. The summed E-state index contributed by atoms with van der Waals surface area (Å²) in [6.07, 6.45) is 0. The first kappa shape index (κ1) is 7.61. The van der Waals surface area contributed by atoms with E-state index < -0.39 is 0 Å². The Morgan fingerprint density at radius 1 is 1.60 bits per heavy atom. The van der Waals surface area contributed by atoms with Gasteiger partial charge >= 0.3 is 0 Å². The van der Waals surface area contributed by atoms with Gasteiger partial charge in [0, 0.05) is 17.7 Å². The average molecular weight is 141 g/mol. The fourth-order valence-electron chi connectivity index (χ4n) is 0.926. The lowest BCUT2D eigenvalue weighted by atomic mass is 10.0. The minimum absolute atomic E-state index is 0.494. The number of ether oxygens (including phenoxy) is 1. The van der Waals surface area contributed by atoms with Crippen molar-refractivity contribution in [3.63, 3.8) is 0 Å². The standard InChI is InChI=1S/C8H15NO/c1-6(2)9-7(3)8-4-10-5-8/h6,8-9H,3-5H2,1-2H3. The van der Waals surface area contributed by atoms with Crippen molar-refractivity contribution < 1.29 is 4.74 Å². The molecule has 1 saturated heterocycles. The van der Waals surface area contributed by atoms with Gasteiger partial charge in [0.25, 0.3) is 0 Å². The summed E-state index contributed by atoms with van der Waals surface area (Å²) in [4.78, 5) is 0. The van der Waals surface area contributed by atoms with Gasteiger partial charge in [0.2, 0.25) is 0 Å². The first-order chi connectivity index (χ1) is 4.70. The summed E-state index contributed by atoms with van der Waals surface area (Å²) in [6, 6.07) is 0.494. The SMILES string of the molecule is C=C(NC(C)C)C1COC1. The van der Waals surface area contributed by atoms with Crippen LogP contribution in [0.2, 0.25) is 0 Å². The van der Waals surface area contributed by atoms with E-state index in [0.29, 0.717) is 12.0 Å². The molecule has 1 aliphatic rings. The summed E-state index contributed by atoms with van der Waals surface area (Å²) in [5.41, 5.74) is 1.13. The summed E-state index contributed by atoms with van der Waals surface area (Å²) >= 11 is 0. The van der Waals surface area contributed by atoms with Crippen LogP contribution in [0.15, 0.2) is 12.3 Å². The summed E-state index contributed by atoms with van der Waals surface area (Å²) in [5.74, 6) is 0.558. The van der Waals surface area contributed by atoms with Crippen LogP contribution in [0.3, 0.4) is 0 Å². The van der Waals surface area contributed by atoms with Crippen LogP contribution in [-0.4, -0.2) is 19.3 Å². The second-order valence-electron chi connectivity index (χ2n) is 3.06. The van der Waals surface area contributed by atoms with Gasteiger partial charge in [-0.25, -0.2) is 0 Å². The molecule has 10 heavy (non-hydrogen) atoms. The van der Waals surface area contributed by atoms with E-state index in [4.69, 9.17) is 4.74 Å². The van der Waals surface area contributed by atoms with Gasteiger partial charge in [-0.15, -0.1) is 0 Å². The van der Waals surface area contributed by atoms with E-state index in [9.17, 15) is 0 Å². The van der Waals surface area contributed by atoms with E-state index in [0.717, 1.165) is 18.9 Å². The molecule has 0 saturated carbocycles. The maximum absolute atomic E-state index is 5.04. The van der Waals surface area contributed by atoms with Crippen LogP contribution in [-0.2, 0) is 4.74 Å². The van der Waals surface area contributed by atoms with E-state index in [1.165, 1.54) is 0 Å². The first-order valence-corrected chi connectivity index (χ1v) is 3.73. The molecule has 2 heteroatoms. The third-order valence-corrected chi connectivity index (χ3v) is 1.60. The topological polar surface area (TPSA) is 21.3 Å². The fourth-order valence-corrected chi connectivity index (χ4v) is 0.926. The van der Waals surface area contributed by atoms with Gasteiger partial charge in [-0.3, -0.25) is 0 Å². The van der Waals surface area contributed by atoms with E-state index >= 15 is 0 Å². The van der Waals surface area contributed by atoms with Gasteiger partial charge in [-0.05, 0) is 13.8 Å². The van der Waals surface area contributed by atoms with Gasteiger partial charge in [-0.2, -0.15) is 0 Å².